The zero-order valence-electron chi connectivity index (χ0n) is 23.2. The lowest BCUT2D eigenvalue weighted by molar-refractivity contribution is -0.117. The Morgan fingerprint density at radius 2 is 1.75 bits per heavy atom. The monoisotopic (exact) mass is 593 g/mol. The van der Waals surface area contributed by atoms with Gasteiger partial charge in [0.05, 0.1) is 24.6 Å². The molecule has 1 unspecified atom stereocenters. The summed E-state index contributed by atoms with van der Waals surface area (Å²) in [6.07, 6.45) is 2.07. The number of amides is 2. The van der Waals surface area contributed by atoms with Gasteiger partial charge in [-0.3, -0.25) is 14.3 Å². The van der Waals surface area contributed by atoms with Gasteiger partial charge in [0.1, 0.15) is 22.9 Å². The smallest absolute Gasteiger partial charge is 0.269 e. The van der Waals surface area contributed by atoms with Crippen LogP contribution in [0.3, 0.4) is 0 Å². The van der Waals surface area contributed by atoms with Gasteiger partial charge in [-0.05, 0) is 24.3 Å². The minimum Gasteiger partial charge on any atom is -0.477 e. The van der Waals surface area contributed by atoms with E-state index in [2.05, 4.69) is 25.8 Å². The topological polar surface area (TPSA) is 115 Å². The third-order valence-corrected chi connectivity index (χ3v) is 7.49. The maximum absolute atomic E-state index is 15.1. The third-order valence-electron chi connectivity index (χ3n) is 7.49. The van der Waals surface area contributed by atoms with Crippen LogP contribution in [-0.4, -0.2) is 49.9 Å². The summed E-state index contributed by atoms with van der Waals surface area (Å²) in [5, 5.41) is 14.1. The second-order valence-electron chi connectivity index (χ2n) is 10.5. The van der Waals surface area contributed by atoms with Gasteiger partial charge in [-0.25, -0.2) is 18.5 Å². The Bertz CT molecular complexity index is 1900. The van der Waals surface area contributed by atoms with Gasteiger partial charge in [-0.1, -0.05) is 54.6 Å². The molecule has 220 valence electrons. The van der Waals surface area contributed by atoms with Crippen molar-refractivity contribution in [1.29, 1.82) is 0 Å². The molecule has 0 aliphatic carbocycles. The molecule has 7 rings (SSSR count). The standard InChI is InChI=1S/C32H25F2N7O3/c33-23-12-5-4-10-21(23)28-25(32-41(39-28)17-19(18-44-32)16-40-15-7-14-35-40)30(42)38-29-31(43)37-27-22(11-6-13-24(27)34)26(36-29)20-8-2-1-3-9-20/h1-15,19,29H,16-18H2,(H,37,43)(H,38,42)/t19?,29-/m1/s1. The Labute approximate surface area is 250 Å². The van der Waals surface area contributed by atoms with E-state index in [0.717, 1.165) is 0 Å². The average molecular weight is 594 g/mol. The number of ether oxygens (including phenoxy) is 1. The van der Waals surface area contributed by atoms with E-state index in [0.29, 0.717) is 29.9 Å². The predicted octanol–water partition coefficient (Wildman–Crippen LogP) is 4.28. The molecule has 2 aliphatic rings. The fourth-order valence-electron chi connectivity index (χ4n) is 5.46. The molecule has 2 aliphatic heterocycles. The van der Waals surface area contributed by atoms with Crippen molar-refractivity contribution < 1.29 is 23.1 Å². The lowest BCUT2D eigenvalue weighted by Crippen LogP contribution is -2.42. The van der Waals surface area contributed by atoms with Crippen molar-refractivity contribution in [3.8, 4) is 17.1 Å². The van der Waals surface area contributed by atoms with Crippen LogP contribution in [0.2, 0.25) is 0 Å². The Balaban J connectivity index is 1.27. The maximum Gasteiger partial charge on any atom is 0.269 e. The summed E-state index contributed by atoms with van der Waals surface area (Å²) in [4.78, 5) is 32.0. The van der Waals surface area contributed by atoms with Crippen LogP contribution < -0.4 is 15.4 Å². The van der Waals surface area contributed by atoms with Crippen molar-refractivity contribution in [2.45, 2.75) is 19.3 Å². The Kier molecular flexibility index (Phi) is 6.93. The van der Waals surface area contributed by atoms with E-state index in [1.54, 1.807) is 47.3 Å². The van der Waals surface area contributed by atoms with Gasteiger partial charge in [-0.15, -0.1) is 0 Å². The zero-order chi connectivity index (χ0) is 30.2. The summed E-state index contributed by atoms with van der Waals surface area (Å²) in [5.41, 5.74) is 1.38. The highest BCUT2D eigenvalue weighted by molar-refractivity contribution is 6.20. The highest BCUT2D eigenvalue weighted by Crippen LogP contribution is 2.35. The SMILES string of the molecule is O=C(N[C@H]1N=C(c2ccccc2)c2cccc(F)c2NC1=O)c1c(-c2ccccc2F)nn2c1OCC(Cn1cccn1)C2. The number of hydrogen-bond donors (Lipinski definition) is 2. The number of aliphatic imine (C=N–C) groups is 1. The first-order chi connectivity index (χ1) is 21.5. The minimum absolute atomic E-state index is 0.0225. The average Bonchev–Trinajstić information content (AvgIpc) is 3.65. The molecule has 0 saturated heterocycles. The normalized spacial score (nSPS) is 17.4. The van der Waals surface area contributed by atoms with Crippen molar-refractivity contribution in [2.24, 2.45) is 10.9 Å². The Hall–Kier alpha value is -5.65. The number of aromatic nitrogens is 4. The molecule has 0 spiro atoms. The molecule has 0 saturated carbocycles. The summed E-state index contributed by atoms with van der Waals surface area (Å²) >= 11 is 0. The predicted molar refractivity (Wildman–Crippen MR) is 157 cm³/mol. The van der Waals surface area contributed by atoms with Gasteiger partial charge in [0, 0.05) is 41.5 Å². The number of benzodiazepines with no additional fused rings is 1. The van der Waals surface area contributed by atoms with Crippen LogP contribution in [0.4, 0.5) is 14.5 Å². The number of fused-ring (bicyclic) bond motifs is 2. The lowest BCUT2D eigenvalue weighted by atomic mass is 10.0. The van der Waals surface area contributed by atoms with Crippen molar-refractivity contribution in [1.82, 2.24) is 24.9 Å². The Morgan fingerprint density at radius 3 is 2.55 bits per heavy atom. The molecule has 0 radical (unpaired) electrons. The van der Waals surface area contributed by atoms with Gasteiger partial charge in [0.25, 0.3) is 11.8 Å². The van der Waals surface area contributed by atoms with Crippen molar-refractivity contribution in [3.63, 3.8) is 0 Å². The second kappa shape index (κ2) is 11.2. The summed E-state index contributed by atoms with van der Waals surface area (Å²) in [6, 6.07) is 21.2. The zero-order valence-corrected chi connectivity index (χ0v) is 23.2. The number of hydrogen-bond acceptors (Lipinski definition) is 6. The first kappa shape index (κ1) is 27.2. The quantitative estimate of drug-likeness (QED) is 0.305. The molecular formula is C32H25F2N7O3. The van der Waals surface area contributed by atoms with E-state index in [-0.39, 0.29) is 40.9 Å². The molecule has 2 N–H and O–H groups in total. The molecule has 2 amide bonds. The molecule has 2 atom stereocenters. The summed E-state index contributed by atoms with van der Waals surface area (Å²) in [7, 11) is 0. The molecule has 0 fully saturated rings. The Morgan fingerprint density at radius 1 is 0.977 bits per heavy atom. The van der Waals surface area contributed by atoms with Crippen LogP contribution in [0.15, 0.2) is 96.2 Å². The summed E-state index contributed by atoms with van der Waals surface area (Å²) in [5.74, 6) is -2.59. The van der Waals surface area contributed by atoms with Gasteiger partial charge in [0.2, 0.25) is 12.0 Å². The number of benzene rings is 3. The van der Waals surface area contributed by atoms with Gasteiger partial charge >= 0.3 is 0 Å². The highest BCUT2D eigenvalue weighted by Gasteiger charge is 2.35. The highest BCUT2D eigenvalue weighted by atomic mass is 19.1. The van der Waals surface area contributed by atoms with Crippen molar-refractivity contribution in [3.05, 3.63) is 120 Å². The second-order valence-corrected chi connectivity index (χ2v) is 10.5. The van der Waals surface area contributed by atoms with Crippen LogP contribution in [-0.2, 0) is 17.9 Å². The van der Waals surface area contributed by atoms with Crippen LogP contribution >= 0.6 is 0 Å². The van der Waals surface area contributed by atoms with Crippen molar-refractivity contribution >= 4 is 23.2 Å². The third kappa shape index (κ3) is 5.00. The number of anilines is 1. The number of nitrogens with zero attached hydrogens (tertiary/aromatic N) is 5. The number of rotatable bonds is 6. The molecule has 0 bridgehead atoms. The minimum atomic E-state index is -1.45. The maximum atomic E-state index is 15.1. The van der Waals surface area contributed by atoms with Gasteiger partial charge in [-0.2, -0.15) is 10.2 Å². The molecule has 3 aromatic carbocycles. The molecule has 4 heterocycles. The molecule has 2 aromatic heterocycles. The molecule has 10 nitrogen and oxygen atoms in total. The van der Waals surface area contributed by atoms with E-state index < -0.39 is 29.6 Å². The fourth-order valence-corrected chi connectivity index (χ4v) is 5.46. The largest absolute Gasteiger partial charge is 0.477 e. The molecular weight excluding hydrogens is 568 g/mol. The lowest BCUT2D eigenvalue weighted by Gasteiger charge is -2.24. The van der Waals surface area contributed by atoms with E-state index >= 15 is 4.39 Å². The molecule has 5 aromatic rings. The van der Waals surface area contributed by atoms with Crippen LogP contribution in [0.25, 0.3) is 11.3 Å². The van der Waals surface area contributed by atoms with Crippen LogP contribution in [0.5, 0.6) is 5.88 Å². The molecule has 44 heavy (non-hydrogen) atoms. The number of nitrogens with one attached hydrogen (secondary N) is 2. The number of halogens is 2. The van der Waals surface area contributed by atoms with E-state index in [4.69, 9.17) is 4.74 Å². The number of carbonyl (C=O) groups is 2. The van der Waals surface area contributed by atoms with E-state index in [1.807, 2.05) is 18.3 Å². The number of carbonyl (C=O) groups excluding carboxylic acids is 2. The van der Waals surface area contributed by atoms with Crippen LogP contribution in [0, 0.1) is 17.6 Å². The fraction of sp³-hybridized carbons (Fsp3) is 0.156. The van der Waals surface area contributed by atoms with Gasteiger partial charge < -0.3 is 15.4 Å². The van der Waals surface area contributed by atoms with E-state index in [1.165, 1.54) is 35.0 Å². The van der Waals surface area contributed by atoms with E-state index in [9.17, 15) is 14.0 Å². The summed E-state index contributed by atoms with van der Waals surface area (Å²) < 4.78 is 39.4. The van der Waals surface area contributed by atoms with Crippen LogP contribution in [0.1, 0.15) is 21.5 Å². The first-order valence-electron chi connectivity index (χ1n) is 14.0. The number of para-hydroxylation sites is 1. The van der Waals surface area contributed by atoms with Crippen molar-refractivity contribution in [2.75, 3.05) is 11.9 Å². The summed E-state index contributed by atoms with van der Waals surface area (Å²) in [6.45, 7) is 1.20. The van der Waals surface area contributed by atoms with Gasteiger partial charge in [0.15, 0.2) is 0 Å². The molecule has 12 heteroatoms. The first-order valence-corrected chi connectivity index (χ1v) is 14.0.